The summed E-state index contributed by atoms with van der Waals surface area (Å²) >= 11 is 0. The summed E-state index contributed by atoms with van der Waals surface area (Å²) in [6, 6.07) is -0.623. The van der Waals surface area contributed by atoms with Crippen molar-refractivity contribution in [2.45, 2.75) is 95.9 Å². The SMILES string of the molecule is COC(=O)C(CCCCNC(=O)CCCN)NC(=O)CCCCCCCCCCN(C)C. The zero-order valence-electron chi connectivity index (χ0n) is 20.8. The number of carbonyl (C=O) groups excluding carboxylic acids is 3. The maximum Gasteiger partial charge on any atom is 0.328 e. The summed E-state index contributed by atoms with van der Waals surface area (Å²) in [5.74, 6) is -0.517. The second kappa shape index (κ2) is 21.2. The Bertz CT molecular complexity index is 500. The zero-order chi connectivity index (χ0) is 24.0. The van der Waals surface area contributed by atoms with Crippen LogP contribution in [0.5, 0.6) is 0 Å². The highest BCUT2D eigenvalue weighted by Gasteiger charge is 2.20. The smallest absolute Gasteiger partial charge is 0.328 e. The Kier molecular flexibility index (Phi) is 20.1. The number of nitrogens with zero attached hydrogens (tertiary/aromatic N) is 1. The van der Waals surface area contributed by atoms with Gasteiger partial charge in [0.2, 0.25) is 11.8 Å². The molecule has 1 atom stereocenters. The van der Waals surface area contributed by atoms with Crippen LogP contribution in [0.15, 0.2) is 0 Å². The second-order valence-corrected chi connectivity index (χ2v) is 8.76. The molecule has 0 spiro atoms. The van der Waals surface area contributed by atoms with E-state index >= 15 is 0 Å². The van der Waals surface area contributed by atoms with E-state index in [1.54, 1.807) is 0 Å². The molecule has 1 unspecified atom stereocenters. The van der Waals surface area contributed by atoms with Gasteiger partial charge in [-0.2, -0.15) is 0 Å². The van der Waals surface area contributed by atoms with Gasteiger partial charge in [-0.05, 0) is 65.7 Å². The fraction of sp³-hybridized carbons (Fsp3) is 0.875. The number of rotatable bonds is 21. The number of hydrogen-bond donors (Lipinski definition) is 3. The summed E-state index contributed by atoms with van der Waals surface area (Å²) < 4.78 is 4.83. The van der Waals surface area contributed by atoms with Crippen LogP contribution in [0.3, 0.4) is 0 Å². The molecule has 0 rings (SSSR count). The Balaban J connectivity index is 3.86. The van der Waals surface area contributed by atoms with Crippen LogP contribution >= 0.6 is 0 Å². The first kappa shape index (κ1) is 30.3. The van der Waals surface area contributed by atoms with Crippen LogP contribution in [-0.4, -0.2) is 69.6 Å². The van der Waals surface area contributed by atoms with Gasteiger partial charge in [-0.15, -0.1) is 0 Å². The lowest BCUT2D eigenvalue weighted by atomic mass is 10.1. The van der Waals surface area contributed by atoms with E-state index in [1.807, 2.05) is 0 Å². The minimum atomic E-state index is -0.623. The molecule has 0 aliphatic carbocycles. The van der Waals surface area contributed by atoms with E-state index in [0.29, 0.717) is 45.2 Å². The lowest BCUT2D eigenvalue weighted by Gasteiger charge is -2.16. The number of ether oxygens (including phenoxy) is 1. The molecular weight excluding hydrogens is 408 g/mol. The first-order valence-electron chi connectivity index (χ1n) is 12.4. The molecule has 8 heteroatoms. The number of methoxy groups -OCH3 is 1. The molecule has 0 aliphatic heterocycles. The minimum absolute atomic E-state index is 0.00222. The van der Waals surface area contributed by atoms with Crippen molar-refractivity contribution in [1.29, 1.82) is 0 Å². The summed E-state index contributed by atoms with van der Waals surface area (Å²) in [5, 5.41) is 5.65. The Morgan fingerprint density at radius 3 is 2.00 bits per heavy atom. The molecule has 32 heavy (non-hydrogen) atoms. The van der Waals surface area contributed by atoms with Crippen LogP contribution in [0.1, 0.15) is 89.9 Å². The standard InChI is InChI=1S/C24H48N4O4/c1-28(2)20-13-9-7-5-4-6-8-10-16-23(30)27-21(24(31)32-3)15-11-12-19-26-22(29)17-14-18-25/h21H,4-20,25H2,1-3H3,(H,26,29)(H,27,30). The highest BCUT2D eigenvalue weighted by atomic mass is 16.5. The van der Waals surface area contributed by atoms with E-state index in [0.717, 1.165) is 32.2 Å². The molecule has 2 amide bonds. The molecule has 0 aromatic carbocycles. The lowest BCUT2D eigenvalue weighted by molar-refractivity contribution is -0.145. The van der Waals surface area contributed by atoms with E-state index in [2.05, 4.69) is 29.6 Å². The minimum Gasteiger partial charge on any atom is -0.467 e. The molecule has 0 radical (unpaired) electrons. The van der Waals surface area contributed by atoms with Crippen molar-refractivity contribution in [1.82, 2.24) is 15.5 Å². The number of carbonyl (C=O) groups is 3. The molecule has 0 saturated heterocycles. The summed E-state index contributed by atoms with van der Waals surface area (Å²) in [7, 11) is 5.55. The van der Waals surface area contributed by atoms with Crippen LogP contribution in [0.25, 0.3) is 0 Å². The molecule has 4 N–H and O–H groups in total. The van der Waals surface area contributed by atoms with Crippen LogP contribution in [0, 0.1) is 0 Å². The molecule has 0 saturated carbocycles. The van der Waals surface area contributed by atoms with Crippen molar-refractivity contribution in [3.63, 3.8) is 0 Å². The van der Waals surface area contributed by atoms with Crippen molar-refractivity contribution in [2.24, 2.45) is 5.73 Å². The summed E-state index contributed by atoms with van der Waals surface area (Å²) in [6.07, 6.45) is 12.9. The molecular formula is C24H48N4O4. The van der Waals surface area contributed by atoms with E-state index in [9.17, 15) is 14.4 Å². The number of esters is 1. The average Bonchev–Trinajstić information content (AvgIpc) is 2.77. The Morgan fingerprint density at radius 2 is 1.41 bits per heavy atom. The predicted octanol–water partition coefficient (Wildman–Crippen LogP) is 2.74. The van der Waals surface area contributed by atoms with Gasteiger partial charge in [-0.25, -0.2) is 4.79 Å². The predicted molar refractivity (Wildman–Crippen MR) is 129 cm³/mol. The van der Waals surface area contributed by atoms with Crippen LogP contribution in [-0.2, 0) is 19.1 Å². The highest BCUT2D eigenvalue weighted by molar-refractivity contribution is 5.84. The maximum atomic E-state index is 12.2. The first-order valence-corrected chi connectivity index (χ1v) is 12.4. The summed E-state index contributed by atoms with van der Waals surface area (Å²) in [5.41, 5.74) is 5.39. The molecule has 0 aromatic rings. The van der Waals surface area contributed by atoms with E-state index in [-0.39, 0.29) is 11.8 Å². The quantitative estimate of drug-likeness (QED) is 0.181. The number of unbranched alkanes of at least 4 members (excludes halogenated alkanes) is 8. The number of amides is 2. The van der Waals surface area contributed by atoms with Gasteiger partial charge in [0.25, 0.3) is 0 Å². The highest BCUT2D eigenvalue weighted by Crippen LogP contribution is 2.10. The third-order valence-corrected chi connectivity index (χ3v) is 5.43. The van der Waals surface area contributed by atoms with Gasteiger partial charge in [0, 0.05) is 19.4 Å². The molecule has 0 fully saturated rings. The Hall–Kier alpha value is -1.67. The molecule has 0 heterocycles. The monoisotopic (exact) mass is 456 g/mol. The van der Waals surface area contributed by atoms with Gasteiger partial charge < -0.3 is 26.0 Å². The first-order chi connectivity index (χ1) is 15.4. The molecule has 8 nitrogen and oxygen atoms in total. The number of hydrogen-bond acceptors (Lipinski definition) is 6. The van der Waals surface area contributed by atoms with E-state index in [1.165, 1.54) is 39.2 Å². The Labute approximate surface area is 195 Å². The van der Waals surface area contributed by atoms with Gasteiger partial charge in [0.1, 0.15) is 6.04 Å². The largest absolute Gasteiger partial charge is 0.467 e. The molecule has 0 aliphatic rings. The van der Waals surface area contributed by atoms with Gasteiger partial charge >= 0.3 is 5.97 Å². The molecule has 0 aromatic heterocycles. The summed E-state index contributed by atoms with van der Waals surface area (Å²) in [6.45, 7) is 2.22. The van der Waals surface area contributed by atoms with Gasteiger partial charge in [-0.1, -0.05) is 38.5 Å². The van der Waals surface area contributed by atoms with E-state index in [4.69, 9.17) is 10.5 Å². The summed E-state index contributed by atoms with van der Waals surface area (Å²) in [4.78, 5) is 38.0. The van der Waals surface area contributed by atoms with Gasteiger partial charge in [0.05, 0.1) is 7.11 Å². The normalized spacial score (nSPS) is 11.9. The van der Waals surface area contributed by atoms with Crippen LogP contribution in [0.2, 0.25) is 0 Å². The van der Waals surface area contributed by atoms with Crippen LogP contribution in [0.4, 0.5) is 0 Å². The van der Waals surface area contributed by atoms with Crippen molar-refractivity contribution >= 4 is 17.8 Å². The van der Waals surface area contributed by atoms with Gasteiger partial charge in [-0.3, -0.25) is 9.59 Å². The average molecular weight is 457 g/mol. The molecule has 188 valence electrons. The lowest BCUT2D eigenvalue weighted by Crippen LogP contribution is -2.41. The topological polar surface area (TPSA) is 114 Å². The van der Waals surface area contributed by atoms with Crippen LogP contribution < -0.4 is 16.4 Å². The third kappa shape index (κ3) is 19.0. The van der Waals surface area contributed by atoms with E-state index < -0.39 is 12.0 Å². The zero-order valence-corrected chi connectivity index (χ0v) is 20.8. The number of nitrogens with two attached hydrogens (primary N) is 1. The number of nitrogens with one attached hydrogen (secondary N) is 2. The fourth-order valence-electron chi connectivity index (χ4n) is 3.48. The Morgan fingerprint density at radius 1 is 0.812 bits per heavy atom. The second-order valence-electron chi connectivity index (χ2n) is 8.76. The van der Waals surface area contributed by atoms with Gasteiger partial charge in [0.15, 0.2) is 0 Å². The van der Waals surface area contributed by atoms with Crippen molar-refractivity contribution in [3.8, 4) is 0 Å². The van der Waals surface area contributed by atoms with Crippen molar-refractivity contribution in [3.05, 3.63) is 0 Å². The maximum absolute atomic E-state index is 12.2. The third-order valence-electron chi connectivity index (χ3n) is 5.43. The fourth-order valence-corrected chi connectivity index (χ4v) is 3.48. The van der Waals surface area contributed by atoms with Crippen molar-refractivity contribution in [2.75, 3.05) is 40.8 Å². The molecule has 0 bridgehead atoms. The van der Waals surface area contributed by atoms with Crippen molar-refractivity contribution < 1.29 is 19.1 Å².